The summed E-state index contributed by atoms with van der Waals surface area (Å²) in [5.74, 6) is 0.786. The number of alkyl halides is 2. The molecule has 138 valence electrons. The number of carbonyl (C=O) groups excluding carboxylic acids is 1. The van der Waals surface area contributed by atoms with E-state index in [0.29, 0.717) is 11.8 Å². The summed E-state index contributed by atoms with van der Waals surface area (Å²) in [4.78, 5) is 13.9. The number of halogens is 2. The SMILES string of the molecule is CC(/C=C/C(=O)OC(C)(C)C)=C\c1ccc(N(CCCl)CCCl)cc1. The predicted octanol–water partition coefficient (Wildman–Crippen LogP) is 5.27. The van der Waals surface area contributed by atoms with Gasteiger partial charge in [-0.15, -0.1) is 23.2 Å². The van der Waals surface area contributed by atoms with Crippen LogP contribution < -0.4 is 4.90 Å². The molecule has 25 heavy (non-hydrogen) atoms. The van der Waals surface area contributed by atoms with Crippen LogP contribution in [0.4, 0.5) is 5.69 Å². The summed E-state index contributed by atoms with van der Waals surface area (Å²) in [6.45, 7) is 9.02. The first kappa shape index (κ1) is 21.6. The van der Waals surface area contributed by atoms with Crippen molar-refractivity contribution < 1.29 is 9.53 Å². The van der Waals surface area contributed by atoms with Crippen LogP contribution in [-0.2, 0) is 9.53 Å². The van der Waals surface area contributed by atoms with Crippen molar-refractivity contribution in [1.29, 1.82) is 0 Å². The molecule has 0 aromatic heterocycles. The van der Waals surface area contributed by atoms with E-state index in [0.717, 1.165) is 29.9 Å². The Hall–Kier alpha value is -1.45. The molecule has 3 nitrogen and oxygen atoms in total. The van der Waals surface area contributed by atoms with Gasteiger partial charge in [0.1, 0.15) is 5.60 Å². The van der Waals surface area contributed by atoms with E-state index in [-0.39, 0.29) is 5.97 Å². The maximum atomic E-state index is 11.7. The van der Waals surface area contributed by atoms with Crippen LogP contribution in [0.5, 0.6) is 0 Å². The van der Waals surface area contributed by atoms with Gasteiger partial charge in [0.05, 0.1) is 0 Å². The van der Waals surface area contributed by atoms with Crippen LogP contribution in [0.15, 0.2) is 42.0 Å². The monoisotopic (exact) mass is 383 g/mol. The molecule has 0 N–H and O–H groups in total. The lowest BCUT2D eigenvalue weighted by atomic mass is 10.1. The summed E-state index contributed by atoms with van der Waals surface area (Å²) in [5, 5.41) is 0. The van der Waals surface area contributed by atoms with Crippen molar-refractivity contribution in [1.82, 2.24) is 0 Å². The summed E-state index contributed by atoms with van der Waals surface area (Å²) >= 11 is 11.7. The highest BCUT2D eigenvalue weighted by Crippen LogP contribution is 2.17. The van der Waals surface area contributed by atoms with E-state index >= 15 is 0 Å². The average Bonchev–Trinajstić information content (AvgIpc) is 2.52. The molecule has 0 aliphatic heterocycles. The van der Waals surface area contributed by atoms with E-state index in [9.17, 15) is 4.79 Å². The number of nitrogens with zero attached hydrogens (tertiary/aromatic N) is 1. The zero-order valence-corrected chi connectivity index (χ0v) is 16.9. The fourth-order valence-corrected chi connectivity index (χ4v) is 2.61. The first-order valence-electron chi connectivity index (χ1n) is 8.31. The molecule has 0 aliphatic carbocycles. The van der Waals surface area contributed by atoms with Crippen molar-refractivity contribution in [2.24, 2.45) is 0 Å². The molecular weight excluding hydrogens is 357 g/mol. The fraction of sp³-hybridized carbons (Fsp3) is 0.450. The Morgan fingerprint density at radius 1 is 1.08 bits per heavy atom. The van der Waals surface area contributed by atoms with Crippen molar-refractivity contribution >= 4 is 40.9 Å². The normalized spacial score (nSPS) is 12.5. The van der Waals surface area contributed by atoms with E-state index in [1.165, 1.54) is 6.08 Å². The van der Waals surface area contributed by atoms with Crippen LogP contribution in [-0.4, -0.2) is 36.4 Å². The Morgan fingerprint density at radius 3 is 2.12 bits per heavy atom. The second-order valence-corrected chi connectivity index (χ2v) is 7.47. The minimum atomic E-state index is -0.479. The Morgan fingerprint density at radius 2 is 1.64 bits per heavy atom. The molecule has 0 fully saturated rings. The van der Waals surface area contributed by atoms with Gasteiger partial charge in [-0.1, -0.05) is 29.9 Å². The van der Waals surface area contributed by atoms with Gasteiger partial charge < -0.3 is 9.64 Å². The molecule has 0 bridgehead atoms. The van der Waals surface area contributed by atoms with Crippen molar-refractivity contribution in [3.05, 3.63) is 47.6 Å². The molecule has 1 aromatic carbocycles. The minimum Gasteiger partial charge on any atom is -0.457 e. The van der Waals surface area contributed by atoms with Gasteiger partial charge in [0.15, 0.2) is 0 Å². The highest BCUT2D eigenvalue weighted by Gasteiger charge is 2.13. The fourth-order valence-electron chi connectivity index (χ4n) is 2.20. The van der Waals surface area contributed by atoms with Gasteiger partial charge in [0.25, 0.3) is 0 Å². The van der Waals surface area contributed by atoms with Crippen molar-refractivity contribution in [2.45, 2.75) is 33.3 Å². The molecule has 0 unspecified atom stereocenters. The topological polar surface area (TPSA) is 29.5 Å². The van der Waals surface area contributed by atoms with Crippen LogP contribution in [0.2, 0.25) is 0 Å². The summed E-state index contributed by atoms with van der Waals surface area (Å²) in [5.41, 5.74) is 2.65. The number of allylic oxidation sites excluding steroid dienone is 2. The molecule has 0 spiro atoms. The highest BCUT2D eigenvalue weighted by atomic mass is 35.5. The maximum absolute atomic E-state index is 11.7. The van der Waals surface area contributed by atoms with Crippen molar-refractivity contribution in [3.8, 4) is 0 Å². The third-order valence-corrected chi connectivity index (χ3v) is 3.59. The highest BCUT2D eigenvalue weighted by molar-refractivity contribution is 6.18. The van der Waals surface area contributed by atoms with Gasteiger partial charge in [0, 0.05) is 36.6 Å². The van der Waals surface area contributed by atoms with E-state index in [2.05, 4.69) is 17.0 Å². The number of hydrogen-bond donors (Lipinski definition) is 0. The first-order valence-corrected chi connectivity index (χ1v) is 9.38. The number of ether oxygens (including phenoxy) is 1. The van der Waals surface area contributed by atoms with E-state index in [1.807, 2.05) is 45.9 Å². The Bertz CT molecular complexity index is 595. The molecule has 0 amide bonds. The predicted molar refractivity (Wildman–Crippen MR) is 109 cm³/mol. The number of anilines is 1. The Balaban J connectivity index is 2.75. The summed E-state index contributed by atoms with van der Waals surface area (Å²) < 4.78 is 5.25. The van der Waals surface area contributed by atoms with Gasteiger partial charge in [-0.05, 0) is 45.4 Å². The zero-order valence-electron chi connectivity index (χ0n) is 15.4. The van der Waals surface area contributed by atoms with Crippen LogP contribution in [0.1, 0.15) is 33.3 Å². The average molecular weight is 384 g/mol. The minimum absolute atomic E-state index is 0.339. The lowest BCUT2D eigenvalue weighted by Gasteiger charge is -2.22. The molecule has 1 aromatic rings. The van der Waals surface area contributed by atoms with Crippen LogP contribution >= 0.6 is 23.2 Å². The van der Waals surface area contributed by atoms with Gasteiger partial charge in [-0.25, -0.2) is 4.79 Å². The summed E-state index contributed by atoms with van der Waals surface area (Å²) in [6.07, 6.45) is 5.22. The number of rotatable bonds is 8. The quantitative estimate of drug-likeness (QED) is 0.265. The first-order chi connectivity index (χ1) is 11.7. The summed E-state index contributed by atoms with van der Waals surface area (Å²) in [6, 6.07) is 8.18. The Labute approximate surface area is 161 Å². The van der Waals surface area contributed by atoms with E-state index in [4.69, 9.17) is 27.9 Å². The second kappa shape index (κ2) is 10.5. The number of esters is 1. The molecule has 5 heteroatoms. The largest absolute Gasteiger partial charge is 0.457 e. The third-order valence-electron chi connectivity index (χ3n) is 3.25. The smallest absolute Gasteiger partial charge is 0.331 e. The molecule has 0 heterocycles. The third kappa shape index (κ3) is 8.99. The number of carbonyl (C=O) groups is 1. The zero-order chi connectivity index (χ0) is 18.9. The molecule has 0 saturated heterocycles. The Kier molecular flexibility index (Phi) is 9.09. The van der Waals surface area contributed by atoms with Gasteiger partial charge >= 0.3 is 5.97 Å². The standard InChI is InChI=1S/C20H27Cl2NO2/c1-16(5-10-19(24)25-20(2,3)4)15-17-6-8-18(9-7-17)23(13-11-21)14-12-22/h5-10,15H,11-14H2,1-4H3/b10-5+,16-15+. The lowest BCUT2D eigenvalue weighted by molar-refractivity contribution is -0.148. The lowest BCUT2D eigenvalue weighted by Crippen LogP contribution is -2.27. The number of hydrogen-bond acceptors (Lipinski definition) is 3. The van der Waals surface area contributed by atoms with Gasteiger partial charge in [0.2, 0.25) is 0 Å². The van der Waals surface area contributed by atoms with Crippen LogP contribution in [0.3, 0.4) is 0 Å². The van der Waals surface area contributed by atoms with Crippen LogP contribution in [0, 0.1) is 0 Å². The van der Waals surface area contributed by atoms with Gasteiger partial charge in [-0.3, -0.25) is 0 Å². The van der Waals surface area contributed by atoms with Crippen molar-refractivity contribution in [2.75, 3.05) is 29.7 Å². The van der Waals surface area contributed by atoms with Crippen molar-refractivity contribution in [3.63, 3.8) is 0 Å². The van der Waals surface area contributed by atoms with E-state index < -0.39 is 5.60 Å². The molecule has 1 rings (SSSR count). The maximum Gasteiger partial charge on any atom is 0.331 e. The molecule has 0 saturated carbocycles. The second-order valence-electron chi connectivity index (χ2n) is 6.71. The summed E-state index contributed by atoms with van der Waals surface area (Å²) in [7, 11) is 0. The molecule has 0 aliphatic rings. The number of benzene rings is 1. The molecular formula is C20H27Cl2NO2. The van der Waals surface area contributed by atoms with E-state index in [1.54, 1.807) is 6.08 Å². The van der Waals surface area contributed by atoms with Gasteiger partial charge in [-0.2, -0.15) is 0 Å². The molecule has 0 atom stereocenters. The molecule has 0 radical (unpaired) electrons. The van der Waals surface area contributed by atoms with Crippen LogP contribution in [0.25, 0.3) is 6.08 Å².